The Morgan fingerprint density at radius 1 is 1.32 bits per heavy atom. The highest BCUT2D eigenvalue weighted by Gasteiger charge is 2.24. The number of piperidine rings is 2. The zero-order valence-corrected chi connectivity index (χ0v) is 12.0. The molecule has 2 saturated heterocycles. The van der Waals surface area contributed by atoms with E-state index in [1.165, 1.54) is 64.0 Å². The van der Waals surface area contributed by atoms with Crippen molar-refractivity contribution in [2.24, 2.45) is 13.0 Å². The fourth-order valence-corrected chi connectivity index (χ4v) is 3.54. The second-order valence-corrected chi connectivity index (χ2v) is 6.23. The summed E-state index contributed by atoms with van der Waals surface area (Å²) < 4.78 is 1.93. The molecular formula is C15H26N4. The molecule has 0 bridgehead atoms. The molecule has 0 aromatic carbocycles. The Labute approximate surface area is 116 Å². The molecule has 1 unspecified atom stereocenters. The Kier molecular flexibility index (Phi) is 4.18. The molecule has 4 heteroatoms. The van der Waals surface area contributed by atoms with Crippen LogP contribution in [-0.2, 0) is 7.05 Å². The maximum Gasteiger partial charge on any atom is 0.0524 e. The maximum atomic E-state index is 4.30. The van der Waals surface area contributed by atoms with Crippen molar-refractivity contribution < 1.29 is 0 Å². The van der Waals surface area contributed by atoms with E-state index in [-0.39, 0.29) is 0 Å². The highest BCUT2D eigenvalue weighted by atomic mass is 15.2. The molecule has 2 aliphatic rings. The van der Waals surface area contributed by atoms with Crippen LogP contribution in [0.3, 0.4) is 0 Å². The van der Waals surface area contributed by atoms with Crippen LogP contribution in [0, 0.1) is 5.92 Å². The van der Waals surface area contributed by atoms with Crippen molar-refractivity contribution in [3.63, 3.8) is 0 Å². The third-order valence-electron chi connectivity index (χ3n) is 4.70. The first-order valence-corrected chi connectivity index (χ1v) is 7.73. The lowest BCUT2D eigenvalue weighted by atomic mass is 9.90. The minimum Gasteiger partial charge on any atom is -0.316 e. The monoisotopic (exact) mass is 262 g/mol. The molecule has 1 aromatic heterocycles. The van der Waals surface area contributed by atoms with Crippen LogP contribution < -0.4 is 5.32 Å². The summed E-state index contributed by atoms with van der Waals surface area (Å²) in [5.41, 5.74) is 1.43. The van der Waals surface area contributed by atoms with Crippen LogP contribution in [0.15, 0.2) is 12.4 Å². The molecule has 0 amide bonds. The third kappa shape index (κ3) is 3.37. The number of aromatic nitrogens is 2. The second-order valence-electron chi connectivity index (χ2n) is 6.23. The lowest BCUT2D eigenvalue weighted by Gasteiger charge is -2.35. The first-order chi connectivity index (χ1) is 9.31. The highest BCUT2D eigenvalue weighted by Crippen LogP contribution is 2.28. The zero-order valence-electron chi connectivity index (χ0n) is 12.0. The van der Waals surface area contributed by atoms with Crippen molar-refractivity contribution in [3.05, 3.63) is 18.0 Å². The number of rotatable bonds is 3. The van der Waals surface area contributed by atoms with Gasteiger partial charge in [0.05, 0.1) is 6.20 Å². The van der Waals surface area contributed by atoms with Gasteiger partial charge in [0, 0.05) is 19.8 Å². The van der Waals surface area contributed by atoms with Gasteiger partial charge in [0.1, 0.15) is 0 Å². The van der Waals surface area contributed by atoms with Gasteiger partial charge in [0.15, 0.2) is 0 Å². The minimum atomic E-state index is 0.731. The van der Waals surface area contributed by atoms with Gasteiger partial charge in [0.25, 0.3) is 0 Å². The van der Waals surface area contributed by atoms with E-state index in [4.69, 9.17) is 0 Å². The average molecular weight is 262 g/mol. The fourth-order valence-electron chi connectivity index (χ4n) is 3.54. The van der Waals surface area contributed by atoms with Crippen LogP contribution in [0.4, 0.5) is 0 Å². The molecular weight excluding hydrogens is 236 g/mol. The van der Waals surface area contributed by atoms with Gasteiger partial charge in [-0.05, 0) is 69.3 Å². The largest absolute Gasteiger partial charge is 0.316 e. The van der Waals surface area contributed by atoms with E-state index in [1.54, 1.807) is 0 Å². The summed E-state index contributed by atoms with van der Waals surface area (Å²) in [5, 5.41) is 7.82. The fraction of sp³-hybridized carbons (Fsp3) is 0.800. The van der Waals surface area contributed by atoms with E-state index in [1.807, 2.05) is 17.9 Å². The molecule has 0 radical (unpaired) electrons. The Bertz CT molecular complexity index is 387. The summed E-state index contributed by atoms with van der Waals surface area (Å²) >= 11 is 0. The quantitative estimate of drug-likeness (QED) is 0.898. The lowest BCUT2D eigenvalue weighted by Crippen LogP contribution is -2.41. The molecule has 3 heterocycles. The van der Waals surface area contributed by atoms with Crippen molar-refractivity contribution in [2.75, 3.05) is 32.7 Å². The van der Waals surface area contributed by atoms with Crippen LogP contribution in [0.25, 0.3) is 0 Å². The van der Waals surface area contributed by atoms with Gasteiger partial charge in [-0.2, -0.15) is 5.10 Å². The summed E-state index contributed by atoms with van der Waals surface area (Å²) in [7, 11) is 2.01. The van der Waals surface area contributed by atoms with Crippen LogP contribution in [0.5, 0.6) is 0 Å². The van der Waals surface area contributed by atoms with Crippen LogP contribution in [0.2, 0.25) is 0 Å². The van der Waals surface area contributed by atoms with Crippen molar-refractivity contribution >= 4 is 0 Å². The van der Waals surface area contributed by atoms with E-state index < -0.39 is 0 Å². The topological polar surface area (TPSA) is 33.1 Å². The van der Waals surface area contributed by atoms with Gasteiger partial charge in [-0.1, -0.05) is 0 Å². The predicted molar refractivity (Wildman–Crippen MR) is 77.2 cm³/mol. The zero-order chi connectivity index (χ0) is 13.1. The van der Waals surface area contributed by atoms with Gasteiger partial charge in [-0.15, -0.1) is 0 Å². The SMILES string of the molecule is Cn1cc(C2CCN(CC3CCCNC3)CC2)cn1. The van der Waals surface area contributed by atoms with Gasteiger partial charge >= 0.3 is 0 Å². The van der Waals surface area contributed by atoms with Crippen molar-refractivity contribution in [1.82, 2.24) is 20.0 Å². The number of likely N-dealkylation sites (tertiary alicyclic amines) is 1. The molecule has 0 aliphatic carbocycles. The van der Waals surface area contributed by atoms with E-state index in [9.17, 15) is 0 Å². The number of nitrogens with zero attached hydrogens (tertiary/aromatic N) is 3. The molecule has 1 N–H and O–H groups in total. The molecule has 0 spiro atoms. The Morgan fingerprint density at radius 2 is 2.16 bits per heavy atom. The third-order valence-corrected chi connectivity index (χ3v) is 4.70. The summed E-state index contributed by atoms with van der Waals surface area (Å²) in [4.78, 5) is 2.67. The first-order valence-electron chi connectivity index (χ1n) is 7.73. The van der Waals surface area contributed by atoms with Gasteiger partial charge in [-0.3, -0.25) is 4.68 Å². The molecule has 19 heavy (non-hydrogen) atoms. The summed E-state index contributed by atoms with van der Waals surface area (Å²) in [5.74, 6) is 1.61. The molecule has 0 saturated carbocycles. The van der Waals surface area contributed by atoms with Crippen molar-refractivity contribution in [3.8, 4) is 0 Å². The molecule has 2 aliphatic heterocycles. The highest BCUT2D eigenvalue weighted by molar-refractivity contribution is 5.12. The van der Waals surface area contributed by atoms with E-state index in [2.05, 4.69) is 21.5 Å². The summed E-state index contributed by atoms with van der Waals surface area (Å²) in [6.07, 6.45) is 9.60. The number of aryl methyl sites for hydroxylation is 1. The van der Waals surface area contributed by atoms with E-state index >= 15 is 0 Å². The van der Waals surface area contributed by atoms with Crippen molar-refractivity contribution in [2.45, 2.75) is 31.6 Å². The molecule has 3 rings (SSSR count). The van der Waals surface area contributed by atoms with E-state index in [0.29, 0.717) is 0 Å². The molecule has 1 atom stereocenters. The standard InChI is InChI=1S/C15H26N4/c1-18-12-15(10-17-18)14-4-7-19(8-5-14)11-13-3-2-6-16-9-13/h10,12-14,16H,2-9,11H2,1H3. The minimum absolute atomic E-state index is 0.731. The van der Waals surface area contributed by atoms with Crippen LogP contribution in [-0.4, -0.2) is 47.4 Å². The first kappa shape index (κ1) is 13.1. The summed E-state index contributed by atoms with van der Waals surface area (Å²) in [6, 6.07) is 0. The second kappa shape index (κ2) is 6.06. The van der Waals surface area contributed by atoms with Gasteiger partial charge in [0.2, 0.25) is 0 Å². The molecule has 106 valence electrons. The van der Waals surface area contributed by atoms with Crippen LogP contribution >= 0.6 is 0 Å². The maximum absolute atomic E-state index is 4.30. The lowest BCUT2D eigenvalue weighted by molar-refractivity contribution is 0.169. The van der Waals surface area contributed by atoms with Crippen molar-refractivity contribution in [1.29, 1.82) is 0 Å². The van der Waals surface area contributed by atoms with Crippen LogP contribution in [0.1, 0.15) is 37.2 Å². The Balaban J connectivity index is 1.46. The predicted octanol–water partition coefficient (Wildman–Crippen LogP) is 1.60. The summed E-state index contributed by atoms with van der Waals surface area (Å²) in [6.45, 7) is 6.26. The number of hydrogen-bond acceptors (Lipinski definition) is 3. The van der Waals surface area contributed by atoms with Gasteiger partial charge < -0.3 is 10.2 Å². The molecule has 1 aromatic rings. The molecule has 4 nitrogen and oxygen atoms in total. The molecule has 2 fully saturated rings. The number of hydrogen-bond donors (Lipinski definition) is 1. The van der Waals surface area contributed by atoms with Gasteiger partial charge in [-0.25, -0.2) is 0 Å². The van der Waals surface area contributed by atoms with E-state index in [0.717, 1.165) is 11.8 Å². The number of nitrogens with one attached hydrogen (secondary N) is 1. The smallest absolute Gasteiger partial charge is 0.0524 e. The Morgan fingerprint density at radius 3 is 2.79 bits per heavy atom. The normalized spacial score (nSPS) is 26.7. The Hall–Kier alpha value is -0.870. The average Bonchev–Trinajstić information content (AvgIpc) is 2.87.